The van der Waals surface area contributed by atoms with Crippen LogP contribution in [0.15, 0.2) is 30.3 Å². The maximum Gasteiger partial charge on any atom is 0.242 e. The summed E-state index contributed by atoms with van der Waals surface area (Å²) in [5.41, 5.74) is 0.731. The molecule has 18 heavy (non-hydrogen) atoms. The maximum absolute atomic E-state index is 12.5. The zero-order valence-electron chi connectivity index (χ0n) is 11.4. The van der Waals surface area contributed by atoms with Crippen molar-refractivity contribution in [3.05, 3.63) is 35.9 Å². The highest BCUT2D eigenvalue weighted by atomic mass is 16.2. The summed E-state index contributed by atoms with van der Waals surface area (Å²) in [7, 11) is 0. The molecule has 98 valence electrons. The van der Waals surface area contributed by atoms with Crippen molar-refractivity contribution in [1.29, 1.82) is 0 Å². The van der Waals surface area contributed by atoms with Gasteiger partial charge in [-0.2, -0.15) is 0 Å². The number of hydrogen-bond acceptors (Lipinski definition) is 2. The molecule has 3 heteroatoms. The highest BCUT2D eigenvalue weighted by Gasteiger charge is 2.36. The van der Waals surface area contributed by atoms with Gasteiger partial charge >= 0.3 is 0 Å². The first-order valence-corrected chi connectivity index (χ1v) is 6.61. The highest BCUT2D eigenvalue weighted by Crippen LogP contribution is 2.19. The van der Waals surface area contributed by atoms with E-state index in [2.05, 4.69) is 24.4 Å². The van der Waals surface area contributed by atoms with E-state index in [4.69, 9.17) is 0 Å². The van der Waals surface area contributed by atoms with Crippen LogP contribution in [-0.4, -0.2) is 28.9 Å². The first-order valence-electron chi connectivity index (χ1n) is 6.61. The number of carbonyl (C=O) groups is 1. The Labute approximate surface area is 109 Å². The SMILES string of the molecule is CC1CCNC(C)(C)C(=O)N1Cc1ccccc1. The fraction of sp³-hybridized carbons (Fsp3) is 0.533. The normalized spacial score (nSPS) is 23.8. The van der Waals surface area contributed by atoms with E-state index in [1.54, 1.807) is 0 Å². The van der Waals surface area contributed by atoms with E-state index < -0.39 is 5.54 Å². The van der Waals surface area contributed by atoms with Gasteiger partial charge in [-0.3, -0.25) is 4.79 Å². The number of rotatable bonds is 2. The molecule has 0 bridgehead atoms. The lowest BCUT2D eigenvalue weighted by Crippen LogP contribution is -2.52. The Morgan fingerprint density at radius 2 is 2.00 bits per heavy atom. The van der Waals surface area contributed by atoms with Crippen molar-refractivity contribution in [3.63, 3.8) is 0 Å². The number of carbonyl (C=O) groups excluding carboxylic acids is 1. The van der Waals surface area contributed by atoms with Gasteiger partial charge in [0.1, 0.15) is 0 Å². The second-order valence-corrected chi connectivity index (χ2v) is 5.61. The van der Waals surface area contributed by atoms with E-state index in [9.17, 15) is 4.79 Å². The fourth-order valence-corrected chi connectivity index (χ4v) is 2.39. The molecule has 1 unspecified atom stereocenters. The Balaban J connectivity index is 2.20. The van der Waals surface area contributed by atoms with E-state index in [1.165, 1.54) is 5.56 Å². The van der Waals surface area contributed by atoms with Gasteiger partial charge in [0.15, 0.2) is 0 Å². The molecule has 1 aliphatic heterocycles. The molecular formula is C15H22N2O. The zero-order chi connectivity index (χ0) is 13.2. The molecule has 2 rings (SSSR count). The molecule has 1 fully saturated rings. The molecule has 0 spiro atoms. The minimum atomic E-state index is -0.459. The fourth-order valence-electron chi connectivity index (χ4n) is 2.39. The molecule has 1 atom stereocenters. The lowest BCUT2D eigenvalue weighted by atomic mass is 10.0. The monoisotopic (exact) mass is 246 g/mol. The third-order valence-electron chi connectivity index (χ3n) is 3.65. The van der Waals surface area contributed by atoms with Crippen molar-refractivity contribution >= 4 is 5.91 Å². The van der Waals surface area contributed by atoms with Crippen molar-refractivity contribution in [2.24, 2.45) is 0 Å². The predicted molar refractivity (Wildman–Crippen MR) is 73.2 cm³/mol. The molecule has 1 aliphatic rings. The van der Waals surface area contributed by atoms with Gasteiger partial charge in [0, 0.05) is 12.6 Å². The number of hydrogen-bond donors (Lipinski definition) is 1. The van der Waals surface area contributed by atoms with E-state index in [1.807, 2.05) is 36.9 Å². The second-order valence-electron chi connectivity index (χ2n) is 5.61. The first-order chi connectivity index (χ1) is 8.50. The third kappa shape index (κ3) is 2.72. The molecule has 1 heterocycles. The first kappa shape index (κ1) is 13.1. The Bertz CT molecular complexity index is 414. The molecular weight excluding hydrogens is 224 g/mol. The van der Waals surface area contributed by atoms with E-state index in [0.717, 1.165) is 13.0 Å². The van der Waals surface area contributed by atoms with Crippen molar-refractivity contribution in [1.82, 2.24) is 10.2 Å². The highest BCUT2D eigenvalue weighted by molar-refractivity contribution is 5.86. The quantitative estimate of drug-likeness (QED) is 0.867. The second kappa shape index (κ2) is 5.11. The van der Waals surface area contributed by atoms with Gasteiger partial charge in [0.25, 0.3) is 0 Å². The Hall–Kier alpha value is -1.35. The van der Waals surface area contributed by atoms with Crippen LogP contribution in [-0.2, 0) is 11.3 Å². The van der Waals surface area contributed by atoms with Gasteiger partial charge in [-0.1, -0.05) is 30.3 Å². The summed E-state index contributed by atoms with van der Waals surface area (Å²) >= 11 is 0. The van der Waals surface area contributed by atoms with E-state index in [0.29, 0.717) is 6.54 Å². The maximum atomic E-state index is 12.5. The molecule has 3 nitrogen and oxygen atoms in total. The third-order valence-corrected chi connectivity index (χ3v) is 3.65. The Morgan fingerprint density at radius 3 is 2.67 bits per heavy atom. The molecule has 0 aromatic heterocycles. The molecule has 0 aliphatic carbocycles. The Kier molecular flexibility index (Phi) is 3.71. The Morgan fingerprint density at radius 1 is 1.33 bits per heavy atom. The molecule has 1 aromatic rings. The van der Waals surface area contributed by atoms with Crippen LogP contribution >= 0.6 is 0 Å². The van der Waals surface area contributed by atoms with Crippen LogP contribution in [0.4, 0.5) is 0 Å². The topological polar surface area (TPSA) is 32.3 Å². The van der Waals surface area contributed by atoms with Crippen molar-refractivity contribution in [3.8, 4) is 0 Å². The van der Waals surface area contributed by atoms with Crippen LogP contribution in [0.25, 0.3) is 0 Å². The standard InChI is InChI=1S/C15H22N2O/c1-12-9-10-16-15(2,3)14(18)17(12)11-13-7-5-4-6-8-13/h4-8,12,16H,9-11H2,1-3H3. The summed E-state index contributed by atoms with van der Waals surface area (Å²) in [6, 6.07) is 10.5. The average molecular weight is 246 g/mol. The van der Waals surface area contributed by atoms with Crippen LogP contribution < -0.4 is 5.32 Å². The summed E-state index contributed by atoms with van der Waals surface area (Å²) < 4.78 is 0. The summed E-state index contributed by atoms with van der Waals surface area (Å²) in [5.74, 6) is 0.191. The van der Waals surface area contributed by atoms with Gasteiger partial charge < -0.3 is 10.2 Å². The van der Waals surface area contributed by atoms with Gasteiger partial charge in [0.05, 0.1) is 5.54 Å². The summed E-state index contributed by atoms with van der Waals surface area (Å²) in [4.78, 5) is 14.5. The number of nitrogens with zero attached hydrogens (tertiary/aromatic N) is 1. The van der Waals surface area contributed by atoms with Gasteiger partial charge in [-0.05, 0) is 39.3 Å². The minimum absolute atomic E-state index is 0.191. The van der Waals surface area contributed by atoms with Crippen molar-refractivity contribution < 1.29 is 4.79 Å². The smallest absolute Gasteiger partial charge is 0.242 e. The molecule has 1 N–H and O–H groups in total. The lowest BCUT2D eigenvalue weighted by molar-refractivity contribution is -0.138. The predicted octanol–water partition coefficient (Wildman–Crippen LogP) is 2.18. The number of nitrogens with one attached hydrogen (secondary N) is 1. The molecule has 0 saturated carbocycles. The van der Waals surface area contributed by atoms with Gasteiger partial charge in [0.2, 0.25) is 5.91 Å². The van der Waals surface area contributed by atoms with E-state index in [-0.39, 0.29) is 11.9 Å². The summed E-state index contributed by atoms with van der Waals surface area (Å²) in [5, 5.41) is 3.33. The van der Waals surface area contributed by atoms with Crippen molar-refractivity contribution in [2.75, 3.05) is 6.54 Å². The van der Waals surface area contributed by atoms with Gasteiger partial charge in [-0.15, -0.1) is 0 Å². The molecule has 1 amide bonds. The van der Waals surface area contributed by atoms with E-state index >= 15 is 0 Å². The van der Waals surface area contributed by atoms with Gasteiger partial charge in [-0.25, -0.2) is 0 Å². The number of benzene rings is 1. The van der Waals surface area contributed by atoms with Crippen LogP contribution in [0.3, 0.4) is 0 Å². The van der Waals surface area contributed by atoms with Crippen LogP contribution in [0.2, 0.25) is 0 Å². The average Bonchev–Trinajstić information content (AvgIpc) is 2.43. The summed E-state index contributed by atoms with van der Waals surface area (Å²) in [6.07, 6.45) is 1.00. The largest absolute Gasteiger partial charge is 0.334 e. The van der Waals surface area contributed by atoms with Crippen molar-refractivity contribution in [2.45, 2.75) is 45.3 Å². The zero-order valence-corrected chi connectivity index (χ0v) is 11.4. The van der Waals surface area contributed by atoms with Crippen LogP contribution in [0.5, 0.6) is 0 Å². The molecule has 1 saturated heterocycles. The van der Waals surface area contributed by atoms with Crippen LogP contribution in [0, 0.1) is 0 Å². The minimum Gasteiger partial charge on any atom is -0.334 e. The molecule has 0 radical (unpaired) electrons. The molecule has 1 aromatic carbocycles. The van der Waals surface area contributed by atoms with Crippen LogP contribution in [0.1, 0.15) is 32.8 Å². The summed E-state index contributed by atoms with van der Waals surface area (Å²) in [6.45, 7) is 7.65. The lowest BCUT2D eigenvalue weighted by Gasteiger charge is -2.32. The number of amides is 1.